The molecule has 1 aliphatic heterocycles. The monoisotopic (exact) mass is 361 g/mol. The van der Waals surface area contributed by atoms with Gasteiger partial charge in [-0.3, -0.25) is 9.48 Å². The summed E-state index contributed by atoms with van der Waals surface area (Å²) in [5, 5.41) is 5.11. The molecule has 1 aromatic carbocycles. The molecule has 6 heteroatoms. The lowest BCUT2D eigenvalue weighted by molar-refractivity contribution is -0.143. The van der Waals surface area contributed by atoms with E-state index in [4.69, 9.17) is 16.3 Å². The van der Waals surface area contributed by atoms with Gasteiger partial charge >= 0.3 is 0 Å². The maximum absolute atomic E-state index is 12.4. The highest BCUT2D eigenvalue weighted by Gasteiger charge is 2.25. The maximum Gasteiger partial charge on any atom is 0.222 e. The van der Waals surface area contributed by atoms with E-state index >= 15 is 0 Å². The standard InChI is InChI=1S/C19H24ClN3O2/c1-14-11-22(12-15(2)25-14)19(24)4-3-9-23-13-17(10-21-23)16-5-7-18(20)8-6-16/h5-8,10,13-15H,3-4,9,11-12H2,1-2H3/t14-,15+. The first-order valence-corrected chi connectivity index (χ1v) is 9.10. The van der Waals surface area contributed by atoms with Crippen molar-refractivity contribution in [2.45, 2.75) is 45.4 Å². The first-order chi connectivity index (χ1) is 12.0. The van der Waals surface area contributed by atoms with Crippen LogP contribution in [0.3, 0.4) is 0 Å². The second-order valence-corrected chi connectivity index (χ2v) is 7.10. The van der Waals surface area contributed by atoms with Gasteiger partial charge in [0.15, 0.2) is 0 Å². The van der Waals surface area contributed by atoms with Crippen LogP contribution in [0.25, 0.3) is 11.1 Å². The van der Waals surface area contributed by atoms with Crippen molar-refractivity contribution in [1.29, 1.82) is 0 Å². The molecule has 0 N–H and O–H groups in total. The molecule has 0 bridgehead atoms. The smallest absolute Gasteiger partial charge is 0.222 e. The third-order valence-electron chi connectivity index (χ3n) is 4.36. The SMILES string of the molecule is C[C@@H]1CN(C(=O)CCCn2cc(-c3ccc(Cl)cc3)cn2)C[C@H](C)O1. The Kier molecular flexibility index (Phi) is 5.76. The highest BCUT2D eigenvalue weighted by molar-refractivity contribution is 6.30. The number of aryl methyl sites for hydroxylation is 1. The van der Waals surface area contributed by atoms with Gasteiger partial charge < -0.3 is 9.64 Å². The van der Waals surface area contributed by atoms with Gasteiger partial charge in [-0.25, -0.2) is 0 Å². The molecule has 5 nitrogen and oxygen atoms in total. The summed E-state index contributed by atoms with van der Waals surface area (Å²) in [5.74, 6) is 0.201. The zero-order valence-corrected chi connectivity index (χ0v) is 15.4. The van der Waals surface area contributed by atoms with E-state index in [-0.39, 0.29) is 18.1 Å². The number of halogens is 1. The third-order valence-corrected chi connectivity index (χ3v) is 4.61. The minimum Gasteiger partial charge on any atom is -0.372 e. The first-order valence-electron chi connectivity index (χ1n) is 8.73. The predicted molar refractivity (Wildman–Crippen MR) is 98.5 cm³/mol. The van der Waals surface area contributed by atoms with Crippen LogP contribution >= 0.6 is 11.6 Å². The number of amides is 1. The van der Waals surface area contributed by atoms with E-state index in [1.54, 1.807) is 0 Å². The molecule has 1 amide bonds. The summed E-state index contributed by atoms with van der Waals surface area (Å²) in [5.41, 5.74) is 2.14. The summed E-state index contributed by atoms with van der Waals surface area (Å²) in [6.45, 7) is 6.13. The average Bonchev–Trinajstić information content (AvgIpc) is 3.03. The second-order valence-electron chi connectivity index (χ2n) is 6.66. The summed E-state index contributed by atoms with van der Waals surface area (Å²) in [7, 11) is 0. The Morgan fingerprint density at radius 3 is 2.56 bits per heavy atom. The summed E-state index contributed by atoms with van der Waals surface area (Å²) in [6, 6.07) is 7.70. The molecule has 3 rings (SSSR count). The van der Waals surface area contributed by atoms with Crippen LogP contribution in [0.5, 0.6) is 0 Å². The van der Waals surface area contributed by atoms with E-state index in [9.17, 15) is 4.79 Å². The Bertz CT molecular complexity index is 704. The number of aromatic nitrogens is 2. The Morgan fingerprint density at radius 1 is 1.20 bits per heavy atom. The molecule has 1 aromatic heterocycles. The molecular weight excluding hydrogens is 338 g/mol. The Labute approximate surface area is 153 Å². The van der Waals surface area contributed by atoms with Crippen LogP contribution in [0, 0.1) is 0 Å². The molecule has 2 atom stereocenters. The first kappa shape index (κ1) is 18.0. The number of ether oxygens (including phenoxy) is 1. The van der Waals surface area contributed by atoms with Gasteiger partial charge in [-0.15, -0.1) is 0 Å². The summed E-state index contributed by atoms with van der Waals surface area (Å²) in [6.07, 6.45) is 5.39. The highest BCUT2D eigenvalue weighted by Crippen LogP contribution is 2.21. The summed E-state index contributed by atoms with van der Waals surface area (Å²) in [4.78, 5) is 14.3. The number of carbonyl (C=O) groups excluding carboxylic acids is 1. The second kappa shape index (κ2) is 8.02. The van der Waals surface area contributed by atoms with Crippen molar-refractivity contribution in [2.24, 2.45) is 0 Å². The molecule has 0 spiro atoms. The molecule has 0 saturated carbocycles. The van der Waals surface area contributed by atoms with Gasteiger partial charge in [-0.05, 0) is 38.0 Å². The Balaban J connectivity index is 1.49. The van der Waals surface area contributed by atoms with Gasteiger partial charge in [0.25, 0.3) is 0 Å². The molecule has 0 unspecified atom stereocenters. The normalized spacial score (nSPS) is 20.7. The molecule has 1 saturated heterocycles. The van der Waals surface area contributed by atoms with Crippen LogP contribution in [0.4, 0.5) is 0 Å². The topological polar surface area (TPSA) is 47.4 Å². The van der Waals surface area contributed by atoms with E-state index in [0.717, 1.165) is 29.1 Å². The van der Waals surface area contributed by atoms with Gasteiger partial charge in [0, 0.05) is 42.8 Å². The van der Waals surface area contributed by atoms with E-state index < -0.39 is 0 Å². The summed E-state index contributed by atoms with van der Waals surface area (Å²) >= 11 is 5.92. The number of morpholine rings is 1. The largest absolute Gasteiger partial charge is 0.372 e. The van der Waals surface area contributed by atoms with Gasteiger partial charge in [-0.2, -0.15) is 5.10 Å². The van der Waals surface area contributed by atoms with Crippen LogP contribution in [0.1, 0.15) is 26.7 Å². The molecule has 0 aliphatic carbocycles. The molecule has 2 heterocycles. The fraction of sp³-hybridized carbons (Fsp3) is 0.474. The lowest BCUT2D eigenvalue weighted by atomic mass is 10.1. The van der Waals surface area contributed by atoms with E-state index in [2.05, 4.69) is 5.10 Å². The molecule has 0 radical (unpaired) electrons. The van der Waals surface area contributed by atoms with Crippen molar-refractivity contribution in [2.75, 3.05) is 13.1 Å². The summed E-state index contributed by atoms with van der Waals surface area (Å²) < 4.78 is 7.57. The lowest BCUT2D eigenvalue weighted by Gasteiger charge is -2.35. The average molecular weight is 362 g/mol. The zero-order valence-electron chi connectivity index (χ0n) is 14.7. The van der Waals surface area contributed by atoms with Crippen molar-refractivity contribution >= 4 is 17.5 Å². The van der Waals surface area contributed by atoms with Gasteiger partial charge in [-0.1, -0.05) is 23.7 Å². The number of nitrogens with zero attached hydrogens (tertiary/aromatic N) is 3. The fourth-order valence-electron chi connectivity index (χ4n) is 3.21. The van der Waals surface area contributed by atoms with Crippen LogP contribution in [0.15, 0.2) is 36.7 Å². The van der Waals surface area contributed by atoms with Crippen molar-refractivity contribution in [3.63, 3.8) is 0 Å². The maximum atomic E-state index is 12.4. The number of hydrogen-bond acceptors (Lipinski definition) is 3. The molecule has 1 aliphatic rings. The predicted octanol–water partition coefficient (Wildman–Crippen LogP) is 3.62. The van der Waals surface area contributed by atoms with E-state index in [1.165, 1.54) is 0 Å². The zero-order chi connectivity index (χ0) is 17.8. The van der Waals surface area contributed by atoms with Crippen molar-refractivity contribution < 1.29 is 9.53 Å². The number of rotatable bonds is 5. The van der Waals surface area contributed by atoms with Crippen LogP contribution < -0.4 is 0 Å². The van der Waals surface area contributed by atoms with Gasteiger partial charge in [0.1, 0.15) is 0 Å². The van der Waals surface area contributed by atoms with Crippen LogP contribution in [-0.4, -0.2) is 45.9 Å². The van der Waals surface area contributed by atoms with Crippen LogP contribution in [-0.2, 0) is 16.1 Å². The minimum atomic E-state index is 0.112. The highest BCUT2D eigenvalue weighted by atomic mass is 35.5. The number of carbonyl (C=O) groups is 1. The van der Waals surface area contributed by atoms with Crippen LogP contribution in [0.2, 0.25) is 5.02 Å². The Hall–Kier alpha value is -1.85. The van der Waals surface area contributed by atoms with Gasteiger partial charge in [0.2, 0.25) is 5.91 Å². The fourth-order valence-corrected chi connectivity index (χ4v) is 3.34. The minimum absolute atomic E-state index is 0.112. The Morgan fingerprint density at radius 2 is 1.88 bits per heavy atom. The van der Waals surface area contributed by atoms with Crippen molar-refractivity contribution in [3.05, 3.63) is 41.7 Å². The molecule has 134 valence electrons. The van der Waals surface area contributed by atoms with Gasteiger partial charge in [0.05, 0.1) is 18.4 Å². The molecule has 2 aromatic rings. The van der Waals surface area contributed by atoms with Crippen molar-refractivity contribution in [1.82, 2.24) is 14.7 Å². The quantitative estimate of drug-likeness (QED) is 0.817. The molecule has 25 heavy (non-hydrogen) atoms. The van der Waals surface area contributed by atoms with E-state index in [1.807, 2.05) is 60.1 Å². The number of hydrogen-bond donors (Lipinski definition) is 0. The lowest BCUT2D eigenvalue weighted by Crippen LogP contribution is -2.48. The van der Waals surface area contributed by atoms with E-state index in [0.29, 0.717) is 19.5 Å². The van der Waals surface area contributed by atoms with Crippen molar-refractivity contribution in [3.8, 4) is 11.1 Å². The third kappa shape index (κ3) is 4.83. The number of benzene rings is 1. The molecule has 1 fully saturated rings. The molecular formula is C19H24ClN3O2.